The predicted octanol–water partition coefficient (Wildman–Crippen LogP) is 0.858. The Hall–Kier alpha value is -2.48. The molecule has 1 N–H and O–H groups in total. The fraction of sp³-hybridized carbons (Fsp3) is 0.579. The van der Waals surface area contributed by atoms with Crippen LogP contribution in [0.2, 0.25) is 0 Å². The number of rotatable bonds is 4. The number of hydrogen-bond acceptors (Lipinski definition) is 6. The highest BCUT2D eigenvalue weighted by Gasteiger charge is 2.54. The molecule has 2 bridgehead atoms. The second-order valence-electron chi connectivity index (χ2n) is 7.93. The Morgan fingerprint density at radius 2 is 2.07 bits per heavy atom. The van der Waals surface area contributed by atoms with Crippen molar-refractivity contribution in [1.82, 2.24) is 30.0 Å². The number of fused-ring (bicyclic) bond motifs is 2. The number of aryl methyl sites for hydroxylation is 1. The van der Waals surface area contributed by atoms with Crippen LogP contribution in [0.3, 0.4) is 0 Å². The van der Waals surface area contributed by atoms with Crippen LogP contribution in [0.15, 0.2) is 30.6 Å². The highest BCUT2D eigenvalue weighted by atomic mass is 16.3. The Morgan fingerprint density at radius 1 is 1.22 bits per heavy atom. The minimum Gasteiger partial charge on any atom is -0.508 e. The van der Waals surface area contributed by atoms with Crippen molar-refractivity contribution in [3.63, 3.8) is 0 Å². The van der Waals surface area contributed by atoms with Crippen LogP contribution >= 0.6 is 0 Å². The molecule has 4 aliphatic rings. The first-order valence-electron chi connectivity index (χ1n) is 9.74. The summed E-state index contributed by atoms with van der Waals surface area (Å²) in [7, 11) is 0. The maximum atomic E-state index is 13.1. The van der Waals surface area contributed by atoms with E-state index in [0.717, 1.165) is 25.2 Å². The highest BCUT2D eigenvalue weighted by molar-refractivity contribution is 5.77. The molecule has 4 saturated heterocycles. The van der Waals surface area contributed by atoms with Gasteiger partial charge in [0.15, 0.2) is 0 Å². The minimum absolute atomic E-state index is 0.178. The Kier molecular flexibility index (Phi) is 4.07. The fourth-order valence-electron chi connectivity index (χ4n) is 5.39. The van der Waals surface area contributed by atoms with E-state index in [1.807, 2.05) is 12.1 Å². The predicted molar refractivity (Wildman–Crippen MR) is 96.9 cm³/mol. The third kappa shape index (κ3) is 2.88. The van der Waals surface area contributed by atoms with Gasteiger partial charge in [-0.05, 0) is 60.0 Å². The molecule has 4 fully saturated rings. The molecule has 3 unspecified atom stereocenters. The fourth-order valence-corrected chi connectivity index (χ4v) is 5.39. The van der Waals surface area contributed by atoms with Crippen LogP contribution in [-0.2, 0) is 11.3 Å². The molecule has 1 aromatic carbocycles. The number of phenols is 1. The van der Waals surface area contributed by atoms with E-state index in [2.05, 4.69) is 31.4 Å². The number of aromatic nitrogens is 4. The van der Waals surface area contributed by atoms with E-state index in [9.17, 15) is 9.90 Å². The SMILES string of the molecule is O=C(CCn1cnnn1)N1CC(c2cccc(O)c2)C2C1C1CCN2CC1. The zero-order valence-corrected chi connectivity index (χ0v) is 15.2. The van der Waals surface area contributed by atoms with Crippen molar-refractivity contribution in [3.05, 3.63) is 36.2 Å². The Balaban J connectivity index is 1.41. The number of piperidine rings is 3. The number of benzene rings is 1. The zero-order chi connectivity index (χ0) is 18.4. The molecule has 1 aromatic heterocycles. The summed E-state index contributed by atoms with van der Waals surface area (Å²) in [4.78, 5) is 17.8. The Bertz CT molecular complexity index is 817. The van der Waals surface area contributed by atoms with Crippen molar-refractivity contribution in [1.29, 1.82) is 0 Å². The highest BCUT2D eigenvalue weighted by Crippen LogP contribution is 2.47. The van der Waals surface area contributed by atoms with Gasteiger partial charge < -0.3 is 10.0 Å². The lowest BCUT2D eigenvalue weighted by molar-refractivity contribution is -0.136. The van der Waals surface area contributed by atoms with Gasteiger partial charge in [0.05, 0.1) is 12.6 Å². The summed E-state index contributed by atoms with van der Waals surface area (Å²) in [6, 6.07) is 8.19. The normalized spacial score (nSPS) is 31.9. The van der Waals surface area contributed by atoms with Crippen LogP contribution in [0.1, 0.15) is 30.7 Å². The maximum absolute atomic E-state index is 13.1. The van der Waals surface area contributed by atoms with Crippen molar-refractivity contribution in [2.24, 2.45) is 5.92 Å². The molecule has 0 spiro atoms. The van der Waals surface area contributed by atoms with Crippen LogP contribution in [-0.4, -0.2) is 72.7 Å². The van der Waals surface area contributed by atoms with Crippen LogP contribution in [0.4, 0.5) is 0 Å². The second kappa shape index (κ2) is 6.60. The monoisotopic (exact) mass is 368 g/mol. The van der Waals surface area contributed by atoms with E-state index in [1.165, 1.54) is 12.8 Å². The average molecular weight is 368 g/mol. The lowest BCUT2D eigenvalue weighted by Gasteiger charge is -2.51. The van der Waals surface area contributed by atoms with Crippen molar-refractivity contribution in [2.45, 2.75) is 43.8 Å². The lowest BCUT2D eigenvalue weighted by Crippen LogP contribution is -2.60. The van der Waals surface area contributed by atoms with Crippen molar-refractivity contribution < 1.29 is 9.90 Å². The molecule has 3 atom stereocenters. The summed E-state index contributed by atoms with van der Waals surface area (Å²) in [5.41, 5.74) is 1.13. The number of likely N-dealkylation sites (tertiary alicyclic amines) is 1. The van der Waals surface area contributed by atoms with Gasteiger partial charge in [-0.1, -0.05) is 12.1 Å². The van der Waals surface area contributed by atoms with Gasteiger partial charge in [0.25, 0.3) is 0 Å². The van der Waals surface area contributed by atoms with E-state index < -0.39 is 0 Å². The van der Waals surface area contributed by atoms with Gasteiger partial charge >= 0.3 is 0 Å². The zero-order valence-electron chi connectivity index (χ0n) is 15.2. The summed E-state index contributed by atoms with van der Waals surface area (Å²) in [5.74, 6) is 1.31. The van der Waals surface area contributed by atoms with Crippen LogP contribution < -0.4 is 0 Å². The van der Waals surface area contributed by atoms with E-state index in [-0.39, 0.29) is 17.9 Å². The molecule has 8 nitrogen and oxygen atoms in total. The molecule has 142 valence electrons. The van der Waals surface area contributed by atoms with Crippen molar-refractivity contribution in [2.75, 3.05) is 19.6 Å². The van der Waals surface area contributed by atoms with Gasteiger partial charge in [0.1, 0.15) is 12.1 Å². The van der Waals surface area contributed by atoms with E-state index >= 15 is 0 Å². The number of hydrogen-bond donors (Lipinski definition) is 1. The number of tetrazole rings is 1. The number of phenolic OH excluding ortho intramolecular Hbond substituents is 1. The molecule has 6 rings (SSSR count). The summed E-state index contributed by atoms with van der Waals surface area (Å²) < 4.78 is 1.61. The molecule has 2 aromatic rings. The van der Waals surface area contributed by atoms with Crippen LogP contribution in [0, 0.1) is 5.92 Å². The number of aromatic hydroxyl groups is 1. The first-order valence-corrected chi connectivity index (χ1v) is 9.74. The van der Waals surface area contributed by atoms with Crippen LogP contribution in [0.5, 0.6) is 5.75 Å². The van der Waals surface area contributed by atoms with Crippen molar-refractivity contribution >= 4 is 5.91 Å². The van der Waals surface area contributed by atoms with Crippen molar-refractivity contribution in [3.8, 4) is 5.75 Å². The lowest BCUT2D eigenvalue weighted by atomic mass is 9.75. The van der Waals surface area contributed by atoms with E-state index in [4.69, 9.17) is 0 Å². The topological polar surface area (TPSA) is 87.4 Å². The van der Waals surface area contributed by atoms with Gasteiger partial charge in [0.2, 0.25) is 5.91 Å². The first kappa shape index (κ1) is 16.7. The summed E-state index contributed by atoms with van der Waals surface area (Å²) in [5, 5.41) is 21.1. The maximum Gasteiger partial charge on any atom is 0.224 e. The molecule has 8 heteroatoms. The first-order chi connectivity index (χ1) is 13.2. The molecule has 27 heavy (non-hydrogen) atoms. The Morgan fingerprint density at radius 3 is 2.81 bits per heavy atom. The largest absolute Gasteiger partial charge is 0.508 e. The summed E-state index contributed by atoms with van der Waals surface area (Å²) in [6.07, 6.45) is 4.30. The summed E-state index contributed by atoms with van der Waals surface area (Å²) >= 11 is 0. The van der Waals surface area contributed by atoms with E-state index in [1.54, 1.807) is 17.1 Å². The molecule has 4 aliphatic heterocycles. The van der Waals surface area contributed by atoms with Gasteiger partial charge in [-0.3, -0.25) is 9.69 Å². The smallest absolute Gasteiger partial charge is 0.224 e. The minimum atomic E-state index is 0.178. The standard InChI is InChI=1S/C19H24N6O2/c26-15-3-1-2-14(10-15)16-11-25(17(27)6-9-24-12-20-21-22-24)18-13-4-7-23(8-5-13)19(16)18/h1-3,10,12-13,16,18-19,26H,4-9,11H2. The molecule has 1 amide bonds. The molecule has 0 saturated carbocycles. The molecule has 0 radical (unpaired) electrons. The quantitative estimate of drug-likeness (QED) is 0.861. The van der Waals surface area contributed by atoms with E-state index in [0.29, 0.717) is 30.7 Å². The molecular weight excluding hydrogens is 344 g/mol. The average Bonchev–Trinajstić information content (AvgIpc) is 3.36. The summed E-state index contributed by atoms with van der Waals surface area (Å²) in [6.45, 7) is 3.47. The molecular formula is C19H24N6O2. The molecule has 5 heterocycles. The number of nitrogens with zero attached hydrogens (tertiary/aromatic N) is 6. The number of amides is 1. The third-order valence-corrected chi connectivity index (χ3v) is 6.56. The number of carbonyl (C=O) groups excluding carboxylic acids is 1. The van der Waals surface area contributed by atoms with Gasteiger partial charge in [0, 0.05) is 24.9 Å². The second-order valence-corrected chi connectivity index (χ2v) is 7.93. The van der Waals surface area contributed by atoms with Gasteiger partial charge in [-0.2, -0.15) is 0 Å². The Labute approximate surface area is 157 Å². The van der Waals surface area contributed by atoms with Gasteiger partial charge in [-0.25, -0.2) is 4.68 Å². The van der Waals surface area contributed by atoms with Gasteiger partial charge in [-0.15, -0.1) is 5.10 Å². The number of carbonyl (C=O) groups is 1. The third-order valence-electron chi connectivity index (χ3n) is 6.56. The molecule has 0 aliphatic carbocycles. The van der Waals surface area contributed by atoms with Crippen LogP contribution in [0.25, 0.3) is 0 Å².